The molecule has 0 radical (unpaired) electrons. The molecule has 1 aromatic rings. The number of methoxy groups -OCH3 is 1. The highest BCUT2D eigenvalue weighted by Gasteiger charge is 2.34. The van der Waals surface area contributed by atoms with Gasteiger partial charge in [0.1, 0.15) is 12.4 Å². The van der Waals surface area contributed by atoms with Gasteiger partial charge in [-0.1, -0.05) is 59.1 Å². The molecule has 4 heteroatoms. The summed E-state index contributed by atoms with van der Waals surface area (Å²) in [6, 6.07) is 4.22. The fourth-order valence-electron chi connectivity index (χ4n) is 3.99. The molecule has 0 amide bonds. The lowest BCUT2D eigenvalue weighted by atomic mass is 9.68. The molecule has 2 rings (SSSR count). The van der Waals surface area contributed by atoms with E-state index < -0.39 is 0 Å². The first-order valence-corrected chi connectivity index (χ1v) is 9.69. The maximum Gasteiger partial charge on any atom is 0.310 e. The normalized spacial score (nSPS) is 17.0. The van der Waals surface area contributed by atoms with Crippen LogP contribution in [0.4, 0.5) is 0 Å². The molecule has 0 aliphatic heterocycles. The molecule has 0 atom stereocenters. The van der Waals surface area contributed by atoms with Crippen LogP contribution in [-0.4, -0.2) is 31.4 Å². The van der Waals surface area contributed by atoms with Crippen LogP contribution in [0.25, 0.3) is 0 Å². The molecular formula is C22H34O4. The molecule has 1 saturated carbocycles. The van der Waals surface area contributed by atoms with Gasteiger partial charge in [0.2, 0.25) is 0 Å². The van der Waals surface area contributed by atoms with Gasteiger partial charge >= 0.3 is 5.97 Å². The van der Waals surface area contributed by atoms with Crippen LogP contribution in [0, 0.1) is 0 Å². The highest BCUT2D eigenvalue weighted by Crippen LogP contribution is 2.46. The molecule has 0 heterocycles. The fraction of sp³-hybridized carbons (Fsp3) is 0.682. The topological polar surface area (TPSA) is 55.8 Å². The number of hydrogen-bond acceptors (Lipinski definition) is 4. The fourth-order valence-corrected chi connectivity index (χ4v) is 3.99. The first-order chi connectivity index (χ1) is 12.2. The summed E-state index contributed by atoms with van der Waals surface area (Å²) in [7, 11) is 1.75. The van der Waals surface area contributed by atoms with Crippen molar-refractivity contribution in [1.82, 2.24) is 0 Å². The van der Waals surface area contributed by atoms with Gasteiger partial charge < -0.3 is 14.6 Å². The smallest absolute Gasteiger partial charge is 0.310 e. The second kappa shape index (κ2) is 8.43. The van der Waals surface area contributed by atoms with Gasteiger partial charge in [-0.05, 0) is 29.2 Å². The molecule has 1 aliphatic rings. The first-order valence-electron chi connectivity index (χ1n) is 9.69. The number of ether oxygens (including phenoxy) is 2. The summed E-state index contributed by atoms with van der Waals surface area (Å²) in [6.45, 7) is 8.74. The largest absolute Gasteiger partial charge is 0.496 e. The Morgan fingerprint density at radius 1 is 1.19 bits per heavy atom. The van der Waals surface area contributed by atoms with E-state index in [1.165, 1.54) is 24.8 Å². The zero-order valence-electron chi connectivity index (χ0n) is 17.0. The Morgan fingerprint density at radius 3 is 2.38 bits per heavy atom. The highest BCUT2D eigenvalue weighted by molar-refractivity contribution is 5.73. The lowest BCUT2D eigenvalue weighted by molar-refractivity contribution is -0.143. The maximum atomic E-state index is 12.1. The summed E-state index contributed by atoms with van der Waals surface area (Å²) in [6.07, 6.45) is 6.25. The number of carbonyl (C=O) groups is 1. The standard InChI is InChI=1S/C22H34O4/c1-21(2,3)17-13-16(15-19(24)26-12-11-23)14-18(20(17)25-5)22(4)9-7-6-8-10-22/h13-14,23H,6-12,15H2,1-5H3. The molecule has 1 aliphatic carbocycles. The van der Waals surface area contributed by atoms with E-state index in [4.69, 9.17) is 14.6 Å². The predicted octanol–water partition coefficient (Wildman–Crippen LogP) is 4.29. The lowest BCUT2D eigenvalue weighted by Crippen LogP contribution is -2.27. The Hall–Kier alpha value is -1.55. The molecule has 0 saturated heterocycles. The van der Waals surface area contributed by atoms with Gasteiger partial charge in [-0.3, -0.25) is 4.79 Å². The number of esters is 1. The van der Waals surface area contributed by atoms with Crippen LogP contribution in [0.3, 0.4) is 0 Å². The average molecular weight is 363 g/mol. The van der Waals surface area contributed by atoms with Gasteiger partial charge in [0.25, 0.3) is 0 Å². The monoisotopic (exact) mass is 362 g/mol. The number of hydrogen-bond donors (Lipinski definition) is 1. The van der Waals surface area contributed by atoms with E-state index in [1.54, 1.807) is 7.11 Å². The number of rotatable bonds is 6. The highest BCUT2D eigenvalue weighted by atomic mass is 16.5. The molecule has 1 fully saturated rings. The van der Waals surface area contributed by atoms with Crippen molar-refractivity contribution in [3.8, 4) is 5.75 Å². The van der Waals surface area contributed by atoms with E-state index in [2.05, 4.69) is 39.8 Å². The number of benzene rings is 1. The quantitative estimate of drug-likeness (QED) is 0.767. The zero-order valence-corrected chi connectivity index (χ0v) is 17.0. The van der Waals surface area contributed by atoms with Gasteiger partial charge in [0.05, 0.1) is 20.1 Å². The van der Waals surface area contributed by atoms with Crippen LogP contribution in [0.1, 0.15) is 76.5 Å². The van der Waals surface area contributed by atoms with Crippen molar-refractivity contribution in [1.29, 1.82) is 0 Å². The van der Waals surface area contributed by atoms with Crippen molar-refractivity contribution < 1.29 is 19.4 Å². The lowest BCUT2D eigenvalue weighted by Gasteiger charge is -2.37. The van der Waals surface area contributed by atoms with E-state index in [9.17, 15) is 4.79 Å². The summed E-state index contributed by atoms with van der Waals surface area (Å²) < 4.78 is 11.0. The summed E-state index contributed by atoms with van der Waals surface area (Å²) >= 11 is 0. The molecule has 1 aromatic carbocycles. The second-order valence-corrected chi connectivity index (χ2v) is 8.72. The Balaban J connectivity index is 2.50. The molecule has 0 bridgehead atoms. The van der Waals surface area contributed by atoms with E-state index >= 15 is 0 Å². The summed E-state index contributed by atoms with van der Waals surface area (Å²) in [5, 5.41) is 8.85. The van der Waals surface area contributed by atoms with Crippen molar-refractivity contribution in [2.75, 3.05) is 20.3 Å². The van der Waals surface area contributed by atoms with Gasteiger partial charge in [0, 0.05) is 11.1 Å². The molecule has 0 spiro atoms. The van der Waals surface area contributed by atoms with Crippen LogP contribution in [0.15, 0.2) is 12.1 Å². The Morgan fingerprint density at radius 2 is 1.85 bits per heavy atom. The minimum absolute atomic E-state index is 0.0473. The van der Waals surface area contributed by atoms with E-state index in [1.807, 2.05) is 0 Å². The second-order valence-electron chi connectivity index (χ2n) is 8.72. The van der Waals surface area contributed by atoms with Crippen LogP contribution in [0.2, 0.25) is 0 Å². The SMILES string of the molecule is COc1c(C(C)(C)C)cc(CC(=O)OCCO)cc1C1(C)CCCCC1. The minimum Gasteiger partial charge on any atom is -0.496 e. The number of aliphatic hydroxyl groups is 1. The van der Waals surface area contributed by atoms with E-state index in [0.29, 0.717) is 0 Å². The third-order valence-corrected chi connectivity index (χ3v) is 5.47. The van der Waals surface area contributed by atoms with Gasteiger partial charge in [0.15, 0.2) is 0 Å². The van der Waals surface area contributed by atoms with Crippen molar-refractivity contribution in [2.24, 2.45) is 0 Å². The molecule has 26 heavy (non-hydrogen) atoms. The summed E-state index contributed by atoms with van der Waals surface area (Å²) in [4.78, 5) is 12.1. The Kier molecular flexibility index (Phi) is 6.73. The van der Waals surface area contributed by atoms with Gasteiger partial charge in [-0.15, -0.1) is 0 Å². The maximum absolute atomic E-state index is 12.1. The molecule has 0 unspecified atom stereocenters. The van der Waals surface area contributed by atoms with Crippen molar-refractivity contribution >= 4 is 5.97 Å². The molecule has 0 aromatic heterocycles. The third-order valence-electron chi connectivity index (χ3n) is 5.47. The average Bonchev–Trinajstić information content (AvgIpc) is 2.59. The first kappa shape index (κ1) is 20.8. The van der Waals surface area contributed by atoms with E-state index in [0.717, 1.165) is 29.7 Å². The van der Waals surface area contributed by atoms with Crippen LogP contribution in [-0.2, 0) is 26.8 Å². The Labute approximate surface area is 157 Å². The summed E-state index contributed by atoms with van der Waals surface area (Å²) in [5.41, 5.74) is 3.30. The molecular weight excluding hydrogens is 328 g/mol. The summed E-state index contributed by atoms with van der Waals surface area (Å²) in [5.74, 6) is 0.665. The number of carbonyl (C=O) groups excluding carboxylic acids is 1. The van der Waals surface area contributed by atoms with E-state index in [-0.39, 0.29) is 36.4 Å². The van der Waals surface area contributed by atoms with Gasteiger partial charge in [-0.2, -0.15) is 0 Å². The van der Waals surface area contributed by atoms with Crippen LogP contribution < -0.4 is 4.74 Å². The molecule has 4 nitrogen and oxygen atoms in total. The Bertz CT molecular complexity index is 622. The van der Waals surface area contributed by atoms with Crippen molar-refractivity contribution in [3.63, 3.8) is 0 Å². The van der Waals surface area contributed by atoms with Crippen molar-refractivity contribution in [2.45, 2.75) is 77.0 Å². The van der Waals surface area contributed by atoms with Gasteiger partial charge in [-0.25, -0.2) is 0 Å². The third kappa shape index (κ3) is 4.79. The molecule has 1 N–H and O–H groups in total. The zero-order chi connectivity index (χ0) is 19.4. The van der Waals surface area contributed by atoms with Crippen LogP contribution in [0.5, 0.6) is 5.75 Å². The van der Waals surface area contributed by atoms with Crippen molar-refractivity contribution in [3.05, 3.63) is 28.8 Å². The molecule has 146 valence electrons. The van der Waals surface area contributed by atoms with Crippen LogP contribution >= 0.6 is 0 Å². The number of aliphatic hydroxyl groups excluding tert-OH is 1. The minimum atomic E-state index is -0.302. The predicted molar refractivity (Wildman–Crippen MR) is 104 cm³/mol.